The van der Waals surface area contributed by atoms with Crippen LogP contribution in [0.15, 0.2) is 30.7 Å². The highest BCUT2D eigenvalue weighted by Gasteiger charge is 2.42. The molecule has 0 aromatic carbocycles. The molecule has 3 rings (SSSR count). The van der Waals surface area contributed by atoms with Crippen LogP contribution in [0, 0.1) is 6.92 Å². The summed E-state index contributed by atoms with van der Waals surface area (Å²) in [6.07, 6.45) is 7.50. The zero-order chi connectivity index (χ0) is 13.3. The summed E-state index contributed by atoms with van der Waals surface area (Å²) in [4.78, 5) is 20.0. The lowest BCUT2D eigenvalue weighted by Crippen LogP contribution is -2.41. The van der Waals surface area contributed by atoms with E-state index in [2.05, 4.69) is 31.8 Å². The van der Waals surface area contributed by atoms with Gasteiger partial charge in [-0.2, -0.15) is 0 Å². The Morgan fingerprint density at radius 2 is 1.95 bits per heavy atom. The minimum Gasteiger partial charge on any atom is -0.328 e. The van der Waals surface area contributed by atoms with Crippen LogP contribution < -0.4 is 4.90 Å². The molecule has 0 N–H and O–H groups in total. The van der Waals surface area contributed by atoms with Gasteiger partial charge in [0.2, 0.25) is 5.95 Å². The third-order valence-corrected chi connectivity index (χ3v) is 3.71. The first-order valence-corrected chi connectivity index (χ1v) is 6.55. The maximum atomic E-state index is 4.59. The Labute approximate surface area is 112 Å². The molecule has 1 atom stereocenters. The van der Waals surface area contributed by atoms with Crippen LogP contribution in [0.3, 0.4) is 0 Å². The maximum absolute atomic E-state index is 4.59. The fourth-order valence-electron chi connectivity index (χ4n) is 2.66. The molecule has 0 aliphatic carbocycles. The smallest absolute Gasteiger partial charge is 0.226 e. The number of hydrogen-bond donors (Lipinski definition) is 0. The summed E-state index contributed by atoms with van der Waals surface area (Å²) in [6.45, 7) is 5.11. The molecule has 2 aromatic heterocycles. The van der Waals surface area contributed by atoms with E-state index in [1.165, 1.54) is 0 Å². The van der Waals surface area contributed by atoms with E-state index in [0.29, 0.717) is 0 Å². The van der Waals surface area contributed by atoms with Crippen LogP contribution in [0.25, 0.3) is 0 Å². The molecule has 0 radical (unpaired) electrons. The normalized spacial score (nSPS) is 22.7. The first-order chi connectivity index (χ1) is 9.20. The number of aromatic nitrogens is 4. The number of nitrogens with zero attached hydrogens (tertiary/aromatic N) is 5. The van der Waals surface area contributed by atoms with Crippen molar-refractivity contribution in [1.82, 2.24) is 19.9 Å². The van der Waals surface area contributed by atoms with Crippen molar-refractivity contribution >= 4 is 5.95 Å². The molecule has 1 fully saturated rings. The van der Waals surface area contributed by atoms with E-state index in [1.807, 2.05) is 25.3 Å². The average molecular weight is 255 g/mol. The van der Waals surface area contributed by atoms with Gasteiger partial charge in [0.15, 0.2) is 5.82 Å². The average Bonchev–Trinajstić information content (AvgIpc) is 2.83. The van der Waals surface area contributed by atoms with E-state index in [1.54, 1.807) is 12.4 Å². The number of rotatable bonds is 2. The molecule has 98 valence electrons. The standard InChI is InChI=1S/C14H17N5/c1-11-5-9-15-12(18-11)14(2)6-3-10-19(14)13-16-7-4-8-17-13/h4-5,7-9H,3,6,10H2,1-2H3/t14-/m1/s1. The van der Waals surface area contributed by atoms with Gasteiger partial charge >= 0.3 is 0 Å². The molecule has 5 heteroatoms. The fourth-order valence-corrected chi connectivity index (χ4v) is 2.66. The van der Waals surface area contributed by atoms with Gasteiger partial charge in [-0.3, -0.25) is 0 Å². The van der Waals surface area contributed by atoms with Gasteiger partial charge in [-0.05, 0) is 38.8 Å². The molecule has 0 unspecified atom stereocenters. The SMILES string of the molecule is Cc1ccnc([C@@]2(C)CCCN2c2ncccn2)n1. The summed E-state index contributed by atoms with van der Waals surface area (Å²) in [5, 5.41) is 0. The molecule has 0 saturated carbocycles. The monoisotopic (exact) mass is 255 g/mol. The summed E-state index contributed by atoms with van der Waals surface area (Å²) in [5.41, 5.74) is 0.778. The van der Waals surface area contributed by atoms with Crippen molar-refractivity contribution in [1.29, 1.82) is 0 Å². The van der Waals surface area contributed by atoms with Crippen LogP contribution in [-0.4, -0.2) is 26.5 Å². The molecule has 19 heavy (non-hydrogen) atoms. The Balaban J connectivity index is 2.02. The molecule has 1 aliphatic heterocycles. The molecule has 0 amide bonds. The molecule has 2 aromatic rings. The molecule has 5 nitrogen and oxygen atoms in total. The van der Waals surface area contributed by atoms with E-state index in [4.69, 9.17) is 0 Å². The Morgan fingerprint density at radius 1 is 1.16 bits per heavy atom. The summed E-state index contributed by atoms with van der Waals surface area (Å²) in [5.74, 6) is 1.62. The van der Waals surface area contributed by atoms with E-state index in [-0.39, 0.29) is 5.54 Å². The molecular weight excluding hydrogens is 238 g/mol. The quantitative estimate of drug-likeness (QED) is 0.822. The predicted octanol–water partition coefficient (Wildman–Crippen LogP) is 2.09. The van der Waals surface area contributed by atoms with Gasteiger partial charge in [-0.15, -0.1) is 0 Å². The largest absolute Gasteiger partial charge is 0.328 e. The van der Waals surface area contributed by atoms with Crippen LogP contribution in [0.2, 0.25) is 0 Å². The van der Waals surface area contributed by atoms with Crippen LogP contribution >= 0.6 is 0 Å². The Hall–Kier alpha value is -2.04. The minimum absolute atomic E-state index is 0.215. The zero-order valence-corrected chi connectivity index (χ0v) is 11.2. The summed E-state index contributed by atoms with van der Waals surface area (Å²) in [7, 11) is 0. The zero-order valence-electron chi connectivity index (χ0n) is 11.2. The number of anilines is 1. The molecule has 1 saturated heterocycles. The van der Waals surface area contributed by atoms with Gasteiger partial charge in [-0.1, -0.05) is 0 Å². The lowest BCUT2D eigenvalue weighted by Gasteiger charge is -2.33. The molecule has 0 spiro atoms. The highest BCUT2D eigenvalue weighted by molar-refractivity contribution is 5.38. The molecular formula is C14H17N5. The van der Waals surface area contributed by atoms with E-state index < -0.39 is 0 Å². The predicted molar refractivity (Wildman–Crippen MR) is 72.7 cm³/mol. The van der Waals surface area contributed by atoms with Crippen LogP contribution in [0.1, 0.15) is 31.3 Å². The van der Waals surface area contributed by atoms with Gasteiger partial charge < -0.3 is 4.90 Å². The molecule has 3 heterocycles. The number of aryl methyl sites for hydroxylation is 1. The second-order valence-electron chi connectivity index (χ2n) is 5.10. The van der Waals surface area contributed by atoms with Gasteiger partial charge in [0, 0.05) is 30.8 Å². The summed E-state index contributed by atoms with van der Waals surface area (Å²) >= 11 is 0. The van der Waals surface area contributed by atoms with Gasteiger partial charge in [0.1, 0.15) is 5.54 Å². The topological polar surface area (TPSA) is 54.8 Å². The minimum atomic E-state index is -0.215. The third kappa shape index (κ3) is 2.05. The number of hydrogen-bond acceptors (Lipinski definition) is 5. The van der Waals surface area contributed by atoms with Gasteiger partial charge in [0.05, 0.1) is 0 Å². The Kier molecular flexibility index (Phi) is 2.89. The molecule has 0 bridgehead atoms. The van der Waals surface area contributed by atoms with Crippen molar-refractivity contribution < 1.29 is 0 Å². The van der Waals surface area contributed by atoms with Gasteiger partial charge in [-0.25, -0.2) is 19.9 Å². The van der Waals surface area contributed by atoms with E-state index in [9.17, 15) is 0 Å². The first kappa shape index (κ1) is 12.0. The van der Waals surface area contributed by atoms with Crippen molar-refractivity contribution in [2.24, 2.45) is 0 Å². The van der Waals surface area contributed by atoms with Crippen LogP contribution in [-0.2, 0) is 5.54 Å². The Morgan fingerprint density at radius 3 is 2.68 bits per heavy atom. The van der Waals surface area contributed by atoms with Crippen molar-refractivity contribution in [3.8, 4) is 0 Å². The first-order valence-electron chi connectivity index (χ1n) is 6.55. The fraction of sp³-hybridized carbons (Fsp3) is 0.429. The summed E-state index contributed by atoms with van der Waals surface area (Å²) in [6, 6.07) is 3.76. The maximum Gasteiger partial charge on any atom is 0.226 e. The highest BCUT2D eigenvalue weighted by Crippen LogP contribution is 2.38. The van der Waals surface area contributed by atoms with E-state index in [0.717, 1.165) is 36.9 Å². The van der Waals surface area contributed by atoms with Crippen LogP contribution in [0.4, 0.5) is 5.95 Å². The second-order valence-corrected chi connectivity index (χ2v) is 5.10. The second kappa shape index (κ2) is 4.57. The lowest BCUT2D eigenvalue weighted by molar-refractivity contribution is 0.453. The Bertz CT molecular complexity index is 571. The van der Waals surface area contributed by atoms with Crippen molar-refractivity contribution in [3.63, 3.8) is 0 Å². The third-order valence-electron chi connectivity index (χ3n) is 3.71. The molecule has 1 aliphatic rings. The summed E-state index contributed by atoms with van der Waals surface area (Å²) < 4.78 is 0. The van der Waals surface area contributed by atoms with Crippen molar-refractivity contribution in [3.05, 3.63) is 42.2 Å². The van der Waals surface area contributed by atoms with Crippen LogP contribution in [0.5, 0.6) is 0 Å². The van der Waals surface area contributed by atoms with Crippen molar-refractivity contribution in [2.75, 3.05) is 11.4 Å². The lowest BCUT2D eigenvalue weighted by atomic mass is 9.98. The van der Waals surface area contributed by atoms with Crippen molar-refractivity contribution in [2.45, 2.75) is 32.2 Å². The van der Waals surface area contributed by atoms with Gasteiger partial charge in [0.25, 0.3) is 0 Å². The highest BCUT2D eigenvalue weighted by atomic mass is 15.3. The van der Waals surface area contributed by atoms with E-state index >= 15 is 0 Å².